The molecule has 1 aliphatic heterocycles. The van der Waals surface area contributed by atoms with Crippen LogP contribution in [0.5, 0.6) is 5.75 Å². The zero-order valence-corrected chi connectivity index (χ0v) is 13.2. The monoisotopic (exact) mass is 314 g/mol. The lowest BCUT2D eigenvalue weighted by molar-refractivity contribution is -0.151. The topological polar surface area (TPSA) is 47.9 Å². The molecule has 0 radical (unpaired) electrons. The lowest BCUT2D eigenvalue weighted by Crippen LogP contribution is -2.40. The molecule has 1 heterocycles. The number of benzene rings is 2. The Morgan fingerprint density at radius 3 is 2.48 bits per heavy atom. The molecule has 0 bridgehead atoms. The molecule has 23 heavy (non-hydrogen) atoms. The van der Waals surface area contributed by atoms with Crippen molar-refractivity contribution in [3.05, 3.63) is 65.7 Å². The molecular weight excluding hydrogens is 292 g/mol. The predicted molar refractivity (Wildman–Crippen MR) is 87.3 cm³/mol. The second-order valence-corrected chi connectivity index (χ2v) is 5.73. The number of aliphatic hydroxyl groups is 1. The molecule has 1 saturated heterocycles. The minimum absolute atomic E-state index is 0.104. The van der Waals surface area contributed by atoms with E-state index in [2.05, 4.69) is 0 Å². The van der Waals surface area contributed by atoms with Crippen LogP contribution in [0.15, 0.2) is 54.6 Å². The summed E-state index contributed by atoms with van der Waals surface area (Å²) < 4.78 is 16.8. The fourth-order valence-electron chi connectivity index (χ4n) is 2.75. The zero-order valence-electron chi connectivity index (χ0n) is 13.2. The van der Waals surface area contributed by atoms with Gasteiger partial charge in [0.15, 0.2) is 0 Å². The number of ether oxygens (including phenoxy) is 3. The lowest BCUT2D eigenvalue weighted by Gasteiger charge is -2.33. The Balaban J connectivity index is 1.54. The first-order valence-electron chi connectivity index (χ1n) is 7.85. The maximum absolute atomic E-state index is 10.3. The molecular formula is C19H22O4. The lowest BCUT2D eigenvalue weighted by atomic mass is 9.97. The molecule has 1 N–H and O–H groups in total. The van der Waals surface area contributed by atoms with E-state index < -0.39 is 6.10 Å². The molecule has 0 aromatic heterocycles. The Morgan fingerprint density at radius 2 is 1.83 bits per heavy atom. The average molecular weight is 314 g/mol. The molecule has 122 valence electrons. The van der Waals surface area contributed by atoms with Crippen LogP contribution >= 0.6 is 0 Å². The van der Waals surface area contributed by atoms with Gasteiger partial charge in [-0.05, 0) is 23.3 Å². The van der Waals surface area contributed by atoms with Gasteiger partial charge < -0.3 is 19.3 Å². The van der Waals surface area contributed by atoms with Gasteiger partial charge in [0.05, 0.1) is 32.5 Å². The van der Waals surface area contributed by atoms with Crippen molar-refractivity contribution in [2.45, 2.75) is 31.3 Å². The largest absolute Gasteiger partial charge is 0.497 e. The SMILES string of the molecule is COc1ccc([C@H]2C[C@H](O)[C@@H](OCc3ccccc3)CO2)cc1. The van der Waals surface area contributed by atoms with E-state index >= 15 is 0 Å². The molecule has 4 heteroatoms. The molecule has 1 aliphatic rings. The first-order valence-corrected chi connectivity index (χ1v) is 7.85. The highest BCUT2D eigenvalue weighted by Gasteiger charge is 2.31. The molecule has 0 saturated carbocycles. The van der Waals surface area contributed by atoms with Crippen LogP contribution in [-0.4, -0.2) is 31.0 Å². The summed E-state index contributed by atoms with van der Waals surface area (Å²) >= 11 is 0. The summed E-state index contributed by atoms with van der Waals surface area (Å²) in [6.45, 7) is 0.879. The quantitative estimate of drug-likeness (QED) is 0.921. The van der Waals surface area contributed by atoms with Crippen molar-refractivity contribution >= 4 is 0 Å². The van der Waals surface area contributed by atoms with Gasteiger partial charge in [0.2, 0.25) is 0 Å². The van der Waals surface area contributed by atoms with Gasteiger partial charge in [-0.1, -0.05) is 42.5 Å². The highest BCUT2D eigenvalue weighted by Crippen LogP contribution is 2.30. The third kappa shape index (κ3) is 4.10. The van der Waals surface area contributed by atoms with E-state index in [1.807, 2.05) is 54.6 Å². The molecule has 0 spiro atoms. The van der Waals surface area contributed by atoms with Crippen LogP contribution in [0.1, 0.15) is 23.7 Å². The third-order valence-corrected chi connectivity index (χ3v) is 4.14. The van der Waals surface area contributed by atoms with Crippen LogP contribution in [0, 0.1) is 0 Å². The summed E-state index contributed by atoms with van der Waals surface area (Å²) in [6.07, 6.45) is -0.386. The summed E-state index contributed by atoms with van der Waals surface area (Å²) in [5, 5.41) is 10.3. The molecule has 2 aromatic carbocycles. The summed E-state index contributed by atoms with van der Waals surface area (Å²) in [6, 6.07) is 17.7. The molecule has 3 rings (SSSR count). The fraction of sp³-hybridized carbons (Fsp3) is 0.368. The van der Waals surface area contributed by atoms with E-state index in [9.17, 15) is 5.11 Å². The number of aliphatic hydroxyl groups excluding tert-OH is 1. The van der Waals surface area contributed by atoms with E-state index in [0.717, 1.165) is 16.9 Å². The maximum Gasteiger partial charge on any atom is 0.118 e. The van der Waals surface area contributed by atoms with Crippen LogP contribution in [0.25, 0.3) is 0 Å². The summed E-state index contributed by atoms with van der Waals surface area (Å²) in [7, 11) is 1.64. The third-order valence-electron chi connectivity index (χ3n) is 4.14. The Bertz CT molecular complexity index is 597. The molecule has 0 unspecified atom stereocenters. The van der Waals surface area contributed by atoms with Gasteiger partial charge in [-0.2, -0.15) is 0 Å². The minimum atomic E-state index is -0.528. The van der Waals surface area contributed by atoms with Gasteiger partial charge in [0.25, 0.3) is 0 Å². The Kier molecular flexibility index (Phi) is 5.28. The normalized spacial score (nSPS) is 24.3. The predicted octanol–water partition coefficient (Wildman–Crippen LogP) is 3.10. The first kappa shape index (κ1) is 16.0. The van der Waals surface area contributed by atoms with Crippen LogP contribution in [-0.2, 0) is 16.1 Å². The van der Waals surface area contributed by atoms with Crippen molar-refractivity contribution in [3.63, 3.8) is 0 Å². The fourth-order valence-corrected chi connectivity index (χ4v) is 2.75. The van der Waals surface area contributed by atoms with Gasteiger partial charge in [-0.3, -0.25) is 0 Å². The summed E-state index contributed by atoms with van der Waals surface area (Å²) in [4.78, 5) is 0. The van der Waals surface area contributed by atoms with Gasteiger partial charge >= 0.3 is 0 Å². The average Bonchev–Trinajstić information content (AvgIpc) is 2.61. The Labute approximate surface area is 136 Å². The zero-order chi connectivity index (χ0) is 16.1. The highest BCUT2D eigenvalue weighted by atomic mass is 16.6. The minimum Gasteiger partial charge on any atom is -0.497 e. The number of rotatable bonds is 5. The van der Waals surface area contributed by atoms with E-state index in [1.54, 1.807) is 7.11 Å². The second-order valence-electron chi connectivity index (χ2n) is 5.73. The van der Waals surface area contributed by atoms with Crippen LogP contribution < -0.4 is 4.74 Å². The highest BCUT2D eigenvalue weighted by molar-refractivity contribution is 5.28. The summed E-state index contributed by atoms with van der Waals surface area (Å²) in [5.41, 5.74) is 2.14. The number of hydrogen-bond acceptors (Lipinski definition) is 4. The molecule has 2 aromatic rings. The molecule has 0 aliphatic carbocycles. The van der Waals surface area contributed by atoms with E-state index in [-0.39, 0.29) is 12.2 Å². The van der Waals surface area contributed by atoms with Gasteiger partial charge in [-0.25, -0.2) is 0 Å². The van der Waals surface area contributed by atoms with Crippen LogP contribution in [0.2, 0.25) is 0 Å². The van der Waals surface area contributed by atoms with Gasteiger partial charge in [0.1, 0.15) is 11.9 Å². The van der Waals surface area contributed by atoms with E-state index in [0.29, 0.717) is 19.6 Å². The smallest absolute Gasteiger partial charge is 0.118 e. The molecule has 0 amide bonds. The first-order chi connectivity index (χ1) is 11.3. The van der Waals surface area contributed by atoms with E-state index in [1.165, 1.54) is 0 Å². The van der Waals surface area contributed by atoms with Crippen molar-refractivity contribution in [1.82, 2.24) is 0 Å². The molecule has 4 nitrogen and oxygen atoms in total. The van der Waals surface area contributed by atoms with Crippen molar-refractivity contribution in [2.24, 2.45) is 0 Å². The number of hydrogen-bond donors (Lipinski definition) is 1. The van der Waals surface area contributed by atoms with Crippen LogP contribution in [0.4, 0.5) is 0 Å². The summed E-state index contributed by atoms with van der Waals surface area (Å²) in [5.74, 6) is 0.814. The number of methoxy groups -OCH3 is 1. The van der Waals surface area contributed by atoms with E-state index in [4.69, 9.17) is 14.2 Å². The van der Waals surface area contributed by atoms with Gasteiger partial charge in [0, 0.05) is 6.42 Å². The van der Waals surface area contributed by atoms with Crippen LogP contribution in [0.3, 0.4) is 0 Å². The standard InChI is InChI=1S/C19H22O4/c1-21-16-9-7-15(8-10-16)18-11-17(20)19(13-23-18)22-12-14-5-3-2-4-6-14/h2-10,17-20H,11-13H2,1H3/t17-,18+,19-/m0/s1. The Morgan fingerprint density at radius 1 is 1.09 bits per heavy atom. The van der Waals surface area contributed by atoms with Crippen molar-refractivity contribution in [2.75, 3.05) is 13.7 Å². The van der Waals surface area contributed by atoms with Crippen molar-refractivity contribution in [3.8, 4) is 5.75 Å². The second kappa shape index (κ2) is 7.59. The molecule has 3 atom stereocenters. The van der Waals surface area contributed by atoms with Gasteiger partial charge in [-0.15, -0.1) is 0 Å². The maximum atomic E-state index is 10.3. The van der Waals surface area contributed by atoms with Crippen molar-refractivity contribution < 1.29 is 19.3 Å². The Hall–Kier alpha value is -1.88. The molecule has 1 fully saturated rings. The van der Waals surface area contributed by atoms with Crippen molar-refractivity contribution in [1.29, 1.82) is 0 Å².